The van der Waals surface area contributed by atoms with Crippen molar-refractivity contribution in [2.24, 2.45) is 0 Å². The molecule has 0 bridgehead atoms. The van der Waals surface area contributed by atoms with Crippen molar-refractivity contribution in [3.63, 3.8) is 0 Å². The highest BCUT2D eigenvalue weighted by Gasteiger charge is 2.19. The fourth-order valence-electron chi connectivity index (χ4n) is 2.57. The third-order valence-corrected chi connectivity index (χ3v) is 4.66. The van der Waals surface area contributed by atoms with Crippen LogP contribution in [0.2, 0.25) is 0 Å². The van der Waals surface area contributed by atoms with Crippen LogP contribution in [0.1, 0.15) is 21.7 Å². The molecule has 0 aliphatic heterocycles. The molecule has 0 aliphatic carbocycles. The molecule has 1 N–H and O–H groups in total. The van der Waals surface area contributed by atoms with Crippen molar-refractivity contribution in [1.82, 2.24) is 9.55 Å². The Labute approximate surface area is 170 Å². The summed E-state index contributed by atoms with van der Waals surface area (Å²) in [5, 5.41) is 8.93. The second-order valence-electron chi connectivity index (χ2n) is 5.91. The number of halogens is 4. The number of rotatable bonds is 5. The number of carboxylic acids is 1. The summed E-state index contributed by atoms with van der Waals surface area (Å²) in [5.41, 5.74) is -1.13. The number of ether oxygens (including phenoxy) is 1. The summed E-state index contributed by atoms with van der Waals surface area (Å²) in [6.45, 7) is 1.10. The van der Waals surface area contributed by atoms with Gasteiger partial charge in [0.15, 0.2) is 0 Å². The Hall–Kier alpha value is -3.14. The van der Waals surface area contributed by atoms with Gasteiger partial charge in [0.25, 0.3) is 5.56 Å². The maximum atomic E-state index is 14.4. The molecule has 3 aromatic rings. The first-order valence-corrected chi connectivity index (χ1v) is 8.87. The number of aromatic nitrogens is 2. The molecule has 3 rings (SSSR count). The monoisotopic (exact) mass is 468 g/mol. The number of carbonyl (C=O) groups is 1. The molecule has 0 saturated heterocycles. The van der Waals surface area contributed by atoms with E-state index in [4.69, 9.17) is 9.84 Å². The first-order chi connectivity index (χ1) is 13.7. The van der Waals surface area contributed by atoms with Crippen molar-refractivity contribution < 1.29 is 27.8 Å². The van der Waals surface area contributed by atoms with E-state index in [-0.39, 0.29) is 39.6 Å². The topological polar surface area (TPSA) is 81.4 Å². The summed E-state index contributed by atoms with van der Waals surface area (Å²) < 4.78 is 47.2. The smallest absolute Gasteiger partial charge is 0.335 e. The summed E-state index contributed by atoms with van der Waals surface area (Å²) in [5.74, 6) is -3.89. The van der Waals surface area contributed by atoms with E-state index in [1.807, 2.05) is 0 Å². The summed E-state index contributed by atoms with van der Waals surface area (Å²) in [6, 6.07) is 6.06. The fraction of sp³-hybridized carbons (Fsp3) is 0.105. The minimum atomic E-state index is -1.31. The van der Waals surface area contributed by atoms with Gasteiger partial charge in [-0.1, -0.05) is 0 Å². The van der Waals surface area contributed by atoms with Crippen molar-refractivity contribution in [2.75, 3.05) is 0 Å². The van der Waals surface area contributed by atoms with E-state index >= 15 is 0 Å². The van der Waals surface area contributed by atoms with Crippen LogP contribution in [0.25, 0.3) is 5.69 Å². The largest absolute Gasteiger partial charge is 0.478 e. The number of aromatic carboxylic acids is 1. The van der Waals surface area contributed by atoms with Crippen LogP contribution in [0.5, 0.6) is 5.88 Å². The lowest BCUT2D eigenvalue weighted by molar-refractivity contribution is 0.0696. The van der Waals surface area contributed by atoms with Crippen LogP contribution in [0.15, 0.2) is 45.7 Å². The SMILES string of the molecule is Cc1nc(OCc2ccc(F)cc2F)c(Br)c(=O)n1-c1ccc(C(=O)O)cc1F. The molecule has 0 unspecified atom stereocenters. The summed E-state index contributed by atoms with van der Waals surface area (Å²) in [4.78, 5) is 27.7. The lowest BCUT2D eigenvalue weighted by Gasteiger charge is -2.14. The van der Waals surface area contributed by atoms with Gasteiger partial charge in [0.2, 0.25) is 5.88 Å². The van der Waals surface area contributed by atoms with E-state index in [0.29, 0.717) is 6.07 Å². The quantitative estimate of drug-likeness (QED) is 0.611. The highest BCUT2D eigenvalue weighted by atomic mass is 79.9. The van der Waals surface area contributed by atoms with Gasteiger partial charge in [-0.15, -0.1) is 0 Å². The maximum Gasteiger partial charge on any atom is 0.335 e. The standard InChI is InChI=1S/C19H12BrF3N2O4/c1-9-24-17(29-8-11-2-4-12(21)7-13(11)22)16(20)18(26)25(9)15-5-3-10(19(27)28)6-14(15)23/h2-7H,8H2,1H3,(H,27,28). The van der Waals surface area contributed by atoms with Crippen LogP contribution in [-0.2, 0) is 6.61 Å². The van der Waals surface area contributed by atoms with Gasteiger partial charge in [-0.3, -0.25) is 9.36 Å². The minimum Gasteiger partial charge on any atom is -0.478 e. The second-order valence-corrected chi connectivity index (χ2v) is 6.71. The van der Waals surface area contributed by atoms with Gasteiger partial charge < -0.3 is 9.84 Å². The predicted octanol–water partition coefficient (Wildman–Crippen LogP) is 4.00. The van der Waals surface area contributed by atoms with Gasteiger partial charge in [-0.25, -0.2) is 18.0 Å². The van der Waals surface area contributed by atoms with E-state index < -0.39 is 29.0 Å². The fourth-order valence-corrected chi connectivity index (χ4v) is 2.95. The van der Waals surface area contributed by atoms with Crippen molar-refractivity contribution >= 4 is 21.9 Å². The Morgan fingerprint density at radius 3 is 2.52 bits per heavy atom. The van der Waals surface area contributed by atoms with Crippen molar-refractivity contribution in [2.45, 2.75) is 13.5 Å². The van der Waals surface area contributed by atoms with Gasteiger partial charge in [-0.2, -0.15) is 4.98 Å². The van der Waals surface area contributed by atoms with Crippen LogP contribution in [0, 0.1) is 24.4 Å². The second kappa shape index (κ2) is 8.08. The zero-order valence-corrected chi connectivity index (χ0v) is 16.3. The van der Waals surface area contributed by atoms with E-state index in [1.54, 1.807) is 0 Å². The Balaban J connectivity index is 1.96. The van der Waals surface area contributed by atoms with Gasteiger partial charge in [0.1, 0.15) is 34.4 Å². The third-order valence-electron chi connectivity index (χ3n) is 3.98. The molecule has 0 fully saturated rings. The molecule has 1 heterocycles. The average molecular weight is 469 g/mol. The van der Waals surface area contributed by atoms with Gasteiger partial charge in [-0.05, 0) is 53.2 Å². The van der Waals surface area contributed by atoms with Crippen LogP contribution in [0.4, 0.5) is 13.2 Å². The molecule has 0 spiro atoms. The molecule has 10 heteroatoms. The Morgan fingerprint density at radius 2 is 1.90 bits per heavy atom. The number of benzene rings is 2. The van der Waals surface area contributed by atoms with Gasteiger partial charge >= 0.3 is 5.97 Å². The van der Waals surface area contributed by atoms with Crippen LogP contribution in [0.3, 0.4) is 0 Å². The molecule has 0 saturated carbocycles. The first kappa shape index (κ1) is 20.6. The summed E-state index contributed by atoms with van der Waals surface area (Å²) in [7, 11) is 0. The number of aryl methyl sites for hydroxylation is 1. The summed E-state index contributed by atoms with van der Waals surface area (Å²) >= 11 is 3.04. The molecule has 6 nitrogen and oxygen atoms in total. The molecule has 2 aromatic carbocycles. The first-order valence-electron chi connectivity index (χ1n) is 8.08. The molecule has 150 valence electrons. The Morgan fingerprint density at radius 1 is 1.17 bits per heavy atom. The highest BCUT2D eigenvalue weighted by molar-refractivity contribution is 9.10. The molecule has 0 radical (unpaired) electrons. The Bertz CT molecular complexity index is 1180. The summed E-state index contributed by atoms with van der Waals surface area (Å²) in [6.07, 6.45) is 0. The third kappa shape index (κ3) is 4.16. The normalized spacial score (nSPS) is 10.8. The molecular weight excluding hydrogens is 457 g/mol. The number of hydrogen-bond acceptors (Lipinski definition) is 4. The molecule has 0 amide bonds. The molecule has 1 aromatic heterocycles. The predicted molar refractivity (Wildman–Crippen MR) is 99.9 cm³/mol. The number of hydrogen-bond donors (Lipinski definition) is 1. The average Bonchev–Trinajstić information content (AvgIpc) is 2.65. The number of nitrogens with zero attached hydrogens (tertiary/aromatic N) is 2. The molecule has 0 atom stereocenters. The van der Waals surface area contributed by atoms with Gasteiger partial charge in [0, 0.05) is 11.6 Å². The maximum absolute atomic E-state index is 14.4. The minimum absolute atomic E-state index is 0.0507. The molecule has 0 aliphatic rings. The van der Waals surface area contributed by atoms with Crippen molar-refractivity contribution in [3.05, 3.63) is 85.6 Å². The van der Waals surface area contributed by atoms with E-state index in [0.717, 1.165) is 28.8 Å². The van der Waals surface area contributed by atoms with E-state index in [2.05, 4.69) is 20.9 Å². The highest BCUT2D eigenvalue weighted by Crippen LogP contribution is 2.23. The van der Waals surface area contributed by atoms with E-state index in [9.17, 15) is 22.8 Å². The lowest BCUT2D eigenvalue weighted by atomic mass is 10.2. The zero-order chi connectivity index (χ0) is 21.3. The lowest BCUT2D eigenvalue weighted by Crippen LogP contribution is -2.24. The van der Waals surface area contributed by atoms with Crippen LogP contribution >= 0.6 is 15.9 Å². The number of carboxylic acid groups (broad SMARTS) is 1. The van der Waals surface area contributed by atoms with Gasteiger partial charge in [0.05, 0.1) is 11.3 Å². The van der Waals surface area contributed by atoms with Crippen LogP contribution in [-0.4, -0.2) is 20.6 Å². The van der Waals surface area contributed by atoms with Crippen molar-refractivity contribution in [3.8, 4) is 11.6 Å². The molecular formula is C19H12BrF3N2O4. The zero-order valence-electron chi connectivity index (χ0n) is 14.7. The van der Waals surface area contributed by atoms with Crippen molar-refractivity contribution in [1.29, 1.82) is 0 Å². The molecule has 29 heavy (non-hydrogen) atoms. The van der Waals surface area contributed by atoms with Crippen LogP contribution < -0.4 is 10.3 Å². The Kier molecular flexibility index (Phi) is 5.73. The van der Waals surface area contributed by atoms with E-state index in [1.165, 1.54) is 13.0 Å².